The molecule has 0 atom stereocenters. The number of nitrogens with zero attached hydrogens (tertiary/aromatic N) is 1. The third-order valence-electron chi connectivity index (χ3n) is 3.79. The Kier molecular flexibility index (Phi) is 6.28. The van der Waals surface area contributed by atoms with Crippen molar-refractivity contribution in [1.29, 1.82) is 0 Å². The van der Waals surface area contributed by atoms with E-state index in [9.17, 15) is 14.4 Å². The third kappa shape index (κ3) is 4.67. The van der Waals surface area contributed by atoms with E-state index in [2.05, 4.69) is 0 Å². The molecule has 2 aromatic rings. The van der Waals surface area contributed by atoms with Crippen LogP contribution in [0.1, 0.15) is 11.1 Å². The van der Waals surface area contributed by atoms with Gasteiger partial charge < -0.3 is 9.84 Å². The van der Waals surface area contributed by atoms with E-state index in [1.807, 2.05) is 0 Å². The first-order chi connectivity index (χ1) is 13.3. The Labute approximate surface area is 174 Å². The van der Waals surface area contributed by atoms with Crippen molar-refractivity contribution < 1.29 is 24.2 Å². The fourth-order valence-corrected chi connectivity index (χ4v) is 3.79. The molecule has 1 saturated heterocycles. The Morgan fingerprint density at radius 2 is 1.75 bits per heavy atom. The molecule has 144 valence electrons. The minimum atomic E-state index is -1.07. The molecule has 1 aliphatic rings. The van der Waals surface area contributed by atoms with Crippen molar-refractivity contribution in [3.05, 3.63) is 68.5 Å². The molecular weight excluding hydrogens is 425 g/mol. The number of hydrogen-bond acceptors (Lipinski definition) is 5. The summed E-state index contributed by atoms with van der Waals surface area (Å²) in [4.78, 5) is 36.8. The van der Waals surface area contributed by atoms with Crippen LogP contribution in [-0.4, -0.2) is 33.7 Å². The lowest BCUT2D eigenvalue weighted by molar-refractivity contribution is -0.139. The predicted octanol–water partition coefficient (Wildman–Crippen LogP) is 4.69. The summed E-state index contributed by atoms with van der Waals surface area (Å²) in [5.41, 5.74) is 1.18. The number of carboxylic acids is 1. The molecule has 0 unspecified atom stereocenters. The van der Waals surface area contributed by atoms with Crippen LogP contribution in [0.2, 0.25) is 10.0 Å². The molecule has 6 nitrogen and oxygen atoms in total. The van der Waals surface area contributed by atoms with Crippen molar-refractivity contribution >= 4 is 58.2 Å². The predicted molar refractivity (Wildman–Crippen MR) is 108 cm³/mol. The number of carbonyl (C=O) groups excluding carboxylic acids is 2. The van der Waals surface area contributed by atoms with E-state index < -0.39 is 23.7 Å². The lowest BCUT2D eigenvalue weighted by atomic mass is 10.2. The summed E-state index contributed by atoms with van der Waals surface area (Å²) in [5, 5.41) is 8.97. The average Bonchev–Trinajstić information content (AvgIpc) is 2.91. The number of carboxylic acid groups (broad SMARTS) is 1. The highest BCUT2D eigenvalue weighted by Crippen LogP contribution is 2.35. The van der Waals surface area contributed by atoms with Gasteiger partial charge in [0.25, 0.3) is 11.1 Å². The van der Waals surface area contributed by atoms with Gasteiger partial charge in [-0.2, -0.15) is 0 Å². The van der Waals surface area contributed by atoms with E-state index in [-0.39, 0.29) is 11.4 Å². The van der Waals surface area contributed by atoms with Crippen LogP contribution < -0.4 is 4.74 Å². The molecule has 1 heterocycles. The van der Waals surface area contributed by atoms with Gasteiger partial charge in [-0.3, -0.25) is 14.5 Å². The SMILES string of the molecule is O=C(O)COc1ccc(/C=C2\SC(=O)N(Cc3c(Cl)cccc3Cl)C2=O)cc1. The second kappa shape index (κ2) is 8.68. The average molecular weight is 438 g/mol. The highest BCUT2D eigenvalue weighted by Gasteiger charge is 2.35. The van der Waals surface area contributed by atoms with E-state index in [0.29, 0.717) is 26.9 Å². The topological polar surface area (TPSA) is 83.9 Å². The number of amides is 2. The summed E-state index contributed by atoms with van der Waals surface area (Å²) in [5.74, 6) is -1.12. The van der Waals surface area contributed by atoms with E-state index in [0.717, 1.165) is 16.7 Å². The first kappa shape index (κ1) is 20.3. The van der Waals surface area contributed by atoms with Crippen LogP contribution in [0.25, 0.3) is 6.08 Å². The quantitative estimate of drug-likeness (QED) is 0.659. The number of hydrogen-bond donors (Lipinski definition) is 1. The van der Waals surface area contributed by atoms with Crippen molar-refractivity contribution in [3.8, 4) is 5.75 Å². The molecule has 0 spiro atoms. The lowest BCUT2D eigenvalue weighted by Crippen LogP contribution is -2.27. The van der Waals surface area contributed by atoms with Crippen LogP contribution >= 0.6 is 35.0 Å². The summed E-state index contributed by atoms with van der Waals surface area (Å²) < 4.78 is 5.06. The van der Waals surface area contributed by atoms with Gasteiger partial charge in [0.1, 0.15) is 5.75 Å². The minimum absolute atomic E-state index is 0.0114. The molecule has 1 aliphatic heterocycles. The number of rotatable bonds is 6. The number of thioether (sulfide) groups is 1. The largest absolute Gasteiger partial charge is 0.482 e. The maximum Gasteiger partial charge on any atom is 0.341 e. The molecule has 2 aromatic carbocycles. The molecule has 3 rings (SSSR count). The summed E-state index contributed by atoms with van der Waals surface area (Å²) >= 11 is 13.1. The second-order valence-electron chi connectivity index (χ2n) is 5.72. The van der Waals surface area contributed by atoms with Gasteiger partial charge in [0.15, 0.2) is 6.61 Å². The van der Waals surface area contributed by atoms with Gasteiger partial charge in [-0.25, -0.2) is 4.79 Å². The summed E-state index contributed by atoms with van der Waals surface area (Å²) in [7, 11) is 0. The van der Waals surface area contributed by atoms with E-state index in [1.54, 1.807) is 48.5 Å². The molecule has 0 bridgehead atoms. The Morgan fingerprint density at radius 3 is 2.36 bits per heavy atom. The highest BCUT2D eigenvalue weighted by molar-refractivity contribution is 8.18. The number of halogens is 2. The van der Waals surface area contributed by atoms with Crippen LogP contribution in [0.15, 0.2) is 47.4 Å². The van der Waals surface area contributed by atoms with Crippen LogP contribution in [0.5, 0.6) is 5.75 Å². The number of imide groups is 1. The van der Waals surface area contributed by atoms with Crippen LogP contribution in [0.4, 0.5) is 4.79 Å². The van der Waals surface area contributed by atoms with Crippen molar-refractivity contribution in [2.75, 3.05) is 6.61 Å². The molecule has 0 radical (unpaired) electrons. The maximum atomic E-state index is 12.6. The van der Waals surface area contributed by atoms with Gasteiger partial charge in [-0.1, -0.05) is 41.4 Å². The molecule has 0 saturated carbocycles. The van der Waals surface area contributed by atoms with E-state index in [1.165, 1.54) is 0 Å². The van der Waals surface area contributed by atoms with Crippen LogP contribution in [-0.2, 0) is 16.1 Å². The normalized spacial score (nSPS) is 15.4. The Bertz CT molecular complexity index is 955. The zero-order valence-corrected chi connectivity index (χ0v) is 16.6. The molecule has 1 fully saturated rings. The molecule has 28 heavy (non-hydrogen) atoms. The fourth-order valence-electron chi connectivity index (χ4n) is 2.43. The van der Waals surface area contributed by atoms with Gasteiger partial charge in [0.05, 0.1) is 11.4 Å². The third-order valence-corrected chi connectivity index (χ3v) is 5.41. The monoisotopic (exact) mass is 437 g/mol. The first-order valence-corrected chi connectivity index (χ1v) is 9.55. The number of carbonyl (C=O) groups is 3. The Balaban J connectivity index is 1.75. The van der Waals surface area contributed by atoms with Crippen molar-refractivity contribution in [1.82, 2.24) is 4.90 Å². The van der Waals surface area contributed by atoms with Gasteiger partial charge in [0.2, 0.25) is 0 Å². The number of ether oxygens (including phenoxy) is 1. The van der Waals surface area contributed by atoms with Gasteiger partial charge in [-0.05, 0) is 47.7 Å². The second-order valence-corrected chi connectivity index (χ2v) is 7.53. The molecule has 9 heteroatoms. The standard InChI is InChI=1S/C19H13Cl2NO5S/c20-14-2-1-3-15(21)13(14)9-22-18(25)16(28-19(22)26)8-11-4-6-12(7-5-11)27-10-17(23)24/h1-8H,9-10H2,(H,23,24)/b16-8-. The minimum Gasteiger partial charge on any atom is -0.482 e. The first-order valence-electron chi connectivity index (χ1n) is 7.98. The Morgan fingerprint density at radius 1 is 1.11 bits per heavy atom. The lowest BCUT2D eigenvalue weighted by Gasteiger charge is -2.14. The zero-order valence-electron chi connectivity index (χ0n) is 14.2. The molecule has 2 amide bonds. The summed E-state index contributed by atoms with van der Waals surface area (Å²) in [6.45, 7) is -0.453. The molecule has 0 aromatic heterocycles. The Hall–Kier alpha value is -2.48. The smallest absolute Gasteiger partial charge is 0.341 e. The van der Waals surface area contributed by atoms with Gasteiger partial charge in [0, 0.05) is 15.6 Å². The van der Waals surface area contributed by atoms with Crippen molar-refractivity contribution in [3.63, 3.8) is 0 Å². The molecule has 1 N–H and O–H groups in total. The molecule has 0 aliphatic carbocycles. The van der Waals surface area contributed by atoms with E-state index in [4.69, 9.17) is 33.0 Å². The number of aliphatic carboxylic acids is 1. The van der Waals surface area contributed by atoms with Crippen LogP contribution in [0.3, 0.4) is 0 Å². The zero-order chi connectivity index (χ0) is 20.3. The van der Waals surface area contributed by atoms with Gasteiger partial charge >= 0.3 is 5.97 Å². The van der Waals surface area contributed by atoms with Crippen molar-refractivity contribution in [2.45, 2.75) is 6.54 Å². The van der Waals surface area contributed by atoms with Crippen molar-refractivity contribution in [2.24, 2.45) is 0 Å². The summed E-state index contributed by atoms with van der Waals surface area (Å²) in [6.07, 6.45) is 1.58. The van der Waals surface area contributed by atoms with Crippen LogP contribution in [0, 0.1) is 0 Å². The van der Waals surface area contributed by atoms with E-state index >= 15 is 0 Å². The number of benzene rings is 2. The summed E-state index contributed by atoms with van der Waals surface area (Å²) in [6, 6.07) is 11.5. The maximum absolute atomic E-state index is 12.6. The van der Waals surface area contributed by atoms with Gasteiger partial charge in [-0.15, -0.1) is 0 Å². The molecular formula is C19H13Cl2NO5S. The highest BCUT2D eigenvalue weighted by atomic mass is 35.5. The fraction of sp³-hybridized carbons (Fsp3) is 0.105.